The number of aromatic nitrogens is 3. The van der Waals surface area contributed by atoms with Crippen molar-refractivity contribution in [2.75, 3.05) is 18.6 Å². The Balaban J connectivity index is 1.80. The predicted molar refractivity (Wildman–Crippen MR) is 79.0 cm³/mol. The molecule has 1 saturated heterocycles. The molecule has 1 unspecified atom stereocenters. The molecule has 0 spiro atoms. The number of aryl methyl sites for hydroxylation is 1. The van der Waals surface area contributed by atoms with E-state index in [0.29, 0.717) is 5.82 Å². The fourth-order valence-electron chi connectivity index (χ4n) is 2.44. The number of nitrogens with one attached hydrogen (secondary N) is 1. The van der Waals surface area contributed by atoms with Crippen molar-refractivity contribution in [3.63, 3.8) is 0 Å². The van der Waals surface area contributed by atoms with E-state index in [-0.39, 0.29) is 30.8 Å². The average molecular weight is 300 g/mol. The summed E-state index contributed by atoms with van der Waals surface area (Å²) in [5.74, 6) is -0.148. The molecule has 1 aliphatic rings. The van der Waals surface area contributed by atoms with E-state index in [1.54, 1.807) is 0 Å². The van der Waals surface area contributed by atoms with Crippen molar-refractivity contribution in [1.82, 2.24) is 15.2 Å². The molecule has 3 rings (SSSR count). The Morgan fingerprint density at radius 3 is 2.77 bits per heavy atom. The molecule has 1 aliphatic heterocycles. The Kier molecular flexibility index (Phi) is 3.62. The number of anilines is 1. The van der Waals surface area contributed by atoms with Crippen LogP contribution in [-0.4, -0.2) is 40.7 Å². The molecule has 114 valence electrons. The van der Waals surface area contributed by atoms with Crippen LogP contribution in [0.4, 0.5) is 5.95 Å². The summed E-state index contributed by atoms with van der Waals surface area (Å²) in [6.07, 6.45) is 0.126. The molecule has 0 radical (unpaired) electrons. The first-order chi connectivity index (χ1) is 10.6. The van der Waals surface area contributed by atoms with Crippen LogP contribution in [0.25, 0.3) is 11.4 Å². The number of esters is 1. The number of aromatic amines is 1. The Morgan fingerprint density at radius 2 is 2.09 bits per heavy atom. The molecule has 22 heavy (non-hydrogen) atoms. The van der Waals surface area contributed by atoms with Gasteiger partial charge >= 0.3 is 5.97 Å². The molecule has 2 heterocycles. The van der Waals surface area contributed by atoms with Crippen molar-refractivity contribution >= 4 is 17.8 Å². The third-order valence-corrected chi connectivity index (χ3v) is 3.70. The van der Waals surface area contributed by atoms with Gasteiger partial charge in [0, 0.05) is 18.5 Å². The van der Waals surface area contributed by atoms with Gasteiger partial charge in [-0.1, -0.05) is 29.8 Å². The summed E-state index contributed by atoms with van der Waals surface area (Å²) in [5, 5.41) is 6.91. The molecule has 1 fully saturated rings. The maximum atomic E-state index is 12.0. The average Bonchev–Trinajstić information content (AvgIpc) is 3.14. The maximum absolute atomic E-state index is 12.0. The third kappa shape index (κ3) is 2.57. The van der Waals surface area contributed by atoms with Gasteiger partial charge in [0.1, 0.15) is 0 Å². The van der Waals surface area contributed by atoms with E-state index in [2.05, 4.69) is 19.9 Å². The first kappa shape index (κ1) is 14.2. The summed E-state index contributed by atoms with van der Waals surface area (Å²) >= 11 is 0. The van der Waals surface area contributed by atoms with Gasteiger partial charge in [0.15, 0.2) is 5.82 Å². The largest absolute Gasteiger partial charge is 0.469 e. The Bertz CT molecular complexity index is 708. The first-order valence-electron chi connectivity index (χ1n) is 6.96. The highest BCUT2D eigenvalue weighted by Crippen LogP contribution is 2.25. The van der Waals surface area contributed by atoms with Gasteiger partial charge in [-0.05, 0) is 6.92 Å². The molecule has 0 aliphatic carbocycles. The van der Waals surface area contributed by atoms with Crippen LogP contribution >= 0.6 is 0 Å². The summed E-state index contributed by atoms with van der Waals surface area (Å²) in [7, 11) is 1.32. The van der Waals surface area contributed by atoms with Gasteiger partial charge in [0.05, 0.1) is 13.0 Å². The van der Waals surface area contributed by atoms with Crippen molar-refractivity contribution in [3.8, 4) is 11.4 Å². The zero-order valence-electron chi connectivity index (χ0n) is 12.4. The van der Waals surface area contributed by atoms with Gasteiger partial charge < -0.3 is 4.74 Å². The number of H-pyrrole nitrogens is 1. The van der Waals surface area contributed by atoms with Crippen LogP contribution in [0, 0.1) is 12.8 Å². The van der Waals surface area contributed by atoms with E-state index in [1.807, 2.05) is 31.2 Å². The molecule has 1 N–H and O–H groups in total. The van der Waals surface area contributed by atoms with E-state index in [4.69, 9.17) is 0 Å². The number of hydrogen-bond acceptors (Lipinski definition) is 5. The Morgan fingerprint density at radius 1 is 1.36 bits per heavy atom. The lowest BCUT2D eigenvalue weighted by Gasteiger charge is -2.10. The van der Waals surface area contributed by atoms with Crippen LogP contribution in [0.3, 0.4) is 0 Å². The van der Waals surface area contributed by atoms with Crippen LogP contribution in [-0.2, 0) is 14.3 Å². The van der Waals surface area contributed by atoms with Gasteiger partial charge in [-0.25, -0.2) is 0 Å². The summed E-state index contributed by atoms with van der Waals surface area (Å²) in [4.78, 5) is 29.3. The molecule has 1 aromatic carbocycles. The number of nitrogens with zero attached hydrogens (tertiary/aromatic N) is 3. The van der Waals surface area contributed by atoms with Gasteiger partial charge in [-0.3, -0.25) is 19.6 Å². The van der Waals surface area contributed by atoms with Crippen LogP contribution in [0.15, 0.2) is 24.3 Å². The highest BCUT2D eigenvalue weighted by molar-refractivity contribution is 5.98. The van der Waals surface area contributed by atoms with Crippen molar-refractivity contribution in [3.05, 3.63) is 29.8 Å². The predicted octanol–water partition coefficient (Wildman–Crippen LogP) is 1.31. The van der Waals surface area contributed by atoms with Crippen molar-refractivity contribution in [2.45, 2.75) is 13.3 Å². The number of rotatable bonds is 3. The number of carbonyl (C=O) groups is 2. The van der Waals surface area contributed by atoms with E-state index < -0.39 is 5.92 Å². The number of methoxy groups -OCH3 is 1. The van der Waals surface area contributed by atoms with E-state index in [9.17, 15) is 9.59 Å². The van der Waals surface area contributed by atoms with E-state index in [1.165, 1.54) is 12.0 Å². The van der Waals surface area contributed by atoms with Gasteiger partial charge in [0.2, 0.25) is 5.91 Å². The smallest absolute Gasteiger partial charge is 0.311 e. The molecule has 0 bridgehead atoms. The standard InChI is InChI=1S/C15H16N4O3/c1-9-3-5-10(6-4-9)13-16-15(18-17-13)19-8-11(7-12(19)20)14(21)22-2/h3-6,11H,7-8H2,1-2H3,(H,16,17,18). The molecule has 1 aromatic heterocycles. The second-order valence-electron chi connectivity index (χ2n) is 5.28. The fourth-order valence-corrected chi connectivity index (χ4v) is 2.44. The van der Waals surface area contributed by atoms with E-state index in [0.717, 1.165) is 11.1 Å². The fraction of sp³-hybridized carbons (Fsp3) is 0.333. The normalized spacial score (nSPS) is 17.8. The van der Waals surface area contributed by atoms with Crippen LogP contribution in [0.2, 0.25) is 0 Å². The number of amides is 1. The molecule has 7 heteroatoms. The number of ether oxygens (including phenoxy) is 1. The lowest BCUT2D eigenvalue weighted by Crippen LogP contribution is -2.27. The summed E-state index contributed by atoms with van der Waals surface area (Å²) < 4.78 is 4.69. The van der Waals surface area contributed by atoms with E-state index >= 15 is 0 Å². The highest BCUT2D eigenvalue weighted by Gasteiger charge is 2.37. The topological polar surface area (TPSA) is 88.2 Å². The number of carbonyl (C=O) groups excluding carboxylic acids is 2. The van der Waals surface area contributed by atoms with Gasteiger partial charge in [-0.2, -0.15) is 4.98 Å². The SMILES string of the molecule is COC(=O)C1CC(=O)N(c2n[nH]c(-c3ccc(C)cc3)n2)C1. The first-order valence-corrected chi connectivity index (χ1v) is 6.96. The third-order valence-electron chi connectivity index (χ3n) is 3.70. The second-order valence-corrected chi connectivity index (χ2v) is 5.28. The van der Waals surface area contributed by atoms with Crippen LogP contribution < -0.4 is 4.90 Å². The zero-order chi connectivity index (χ0) is 15.7. The van der Waals surface area contributed by atoms with Crippen molar-refractivity contribution in [1.29, 1.82) is 0 Å². The molecule has 1 atom stereocenters. The molecular weight excluding hydrogens is 284 g/mol. The van der Waals surface area contributed by atoms with Gasteiger partial charge in [0.25, 0.3) is 5.95 Å². The highest BCUT2D eigenvalue weighted by atomic mass is 16.5. The molecule has 2 aromatic rings. The Hall–Kier alpha value is -2.70. The van der Waals surface area contributed by atoms with Crippen molar-refractivity contribution in [2.24, 2.45) is 5.92 Å². The molecule has 0 saturated carbocycles. The molecular formula is C15H16N4O3. The summed E-state index contributed by atoms with van der Waals surface area (Å²) in [5.41, 5.74) is 2.04. The van der Waals surface area contributed by atoms with Gasteiger partial charge in [-0.15, -0.1) is 5.10 Å². The Labute approximate surface area is 127 Å². The molecule has 7 nitrogen and oxygen atoms in total. The quantitative estimate of drug-likeness (QED) is 0.863. The second kappa shape index (κ2) is 5.59. The van der Waals surface area contributed by atoms with Crippen LogP contribution in [0.5, 0.6) is 0 Å². The summed E-state index contributed by atoms with van der Waals surface area (Å²) in [6.45, 7) is 2.25. The minimum absolute atomic E-state index is 0.126. The number of benzene rings is 1. The lowest BCUT2D eigenvalue weighted by atomic mass is 10.1. The van der Waals surface area contributed by atoms with Crippen molar-refractivity contribution < 1.29 is 14.3 Å². The monoisotopic (exact) mass is 300 g/mol. The zero-order valence-corrected chi connectivity index (χ0v) is 12.4. The van der Waals surface area contributed by atoms with Crippen LogP contribution in [0.1, 0.15) is 12.0 Å². The maximum Gasteiger partial charge on any atom is 0.311 e. The summed E-state index contributed by atoms with van der Waals surface area (Å²) in [6, 6.07) is 7.82. The molecule has 1 amide bonds. The lowest BCUT2D eigenvalue weighted by molar-refractivity contribution is -0.145. The number of hydrogen-bond donors (Lipinski definition) is 1. The minimum Gasteiger partial charge on any atom is -0.469 e. The minimum atomic E-state index is -0.459.